The monoisotopic (exact) mass is 308 g/mol. The summed E-state index contributed by atoms with van der Waals surface area (Å²) in [6.07, 6.45) is 1.26. The maximum atomic E-state index is 10.5. The molecule has 2 atom stereocenters. The maximum Gasteiger partial charge on any atom is 0.320 e. The SMILES string of the molecule is CC(CC[C@H](N)C(=O)O)NCc1ccccc1.Cl.Cl. The molecule has 6 heteroatoms. The Labute approximate surface area is 126 Å². The normalized spacial score (nSPS) is 12.7. The van der Waals surface area contributed by atoms with Crippen LogP contribution in [0.15, 0.2) is 30.3 Å². The van der Waals surface area contributed by atoms with E-state index in [1.165, 1.54) is 5.56 Å². The Kier molecular flexibility index (Phi) is 11.9. The molecule has 1 unspecified atom stereocenters. The Morgan fingerprint density at radius 3 is 2.37 bits per heavy atom. The van der Waals surface area contributed by atoms with E-state index in [9.17, 15) is 4.79 Å². The highest BCUT2D eigenvalue weighted by Gasteiger charge is 2.12. The fourth-order valence-electron chi connectivity index (χ4n) is 1.54. The van der Waals surface area contributed by atoms with Crippen molar-refractivity contribution >= 4 is 30.8 Å². The first kappa shape index (κ1) is 20.5. The van der Waals surface area contributed by atoms with Crippen molar-refractivity contribution in [3.63, 3.8) is 0 Å². The molecule has 0 aliphatic rings. The molecule has 110 valence electrons. The van der Waals surface area contributed by atoms with Gasteiger partial charge >= 0.3 is 5.97 Å². The number of hydrogen-bond acceptors (Lipinski definition) is 3. The molecule has 0 radical (unpaired) electrons. The van der Waals surface area contributed by atoms with Gasteiger partial charge in [0.2, 0.25) is 0 Å². The van der Waals surface area contributed by atoms with Crippen LogP contribution in [0.4, 0.5) is 0 Å². The predicted octanol–water partition coefficient (Wildman–Crippen LogP) is 2.20. The van der Waals surface area contributed by atoms with Crippen LogP contribution in [-0.2, 0) is 11.3 Å². The summed E-state index contributed by atoms with van der Waals surface area (Å²) >= 11 is 0. The lowest BCUT2D eigenvalue weighted by atomic mass is 10.1. The van der Waals surface area contributed by atoms with Gasteiger partial charge in [-0.15, -0.1) is 24.8 Å². The number of benzene rings is 1. The lowest BCUT2D eigenvalue weighted by molar-refractivity contribution is -0.138. The predicted molar refractivity (Wildman–Crippen MR) is 82.1 cm³/mol. The Morgan fingerprint density at radius 2 is 1.84 bits per heavy atom. The number of nitrogens with two attached hydrogens (primary N) is 1. The molecule has 19 heavy (non-hydrogen) atoms. The zero-order valence-corrected chi connectivity index (χ0v) is 12.5. The summed E-state index contributed by atoms with van der Waals surface area (Å²) in [5.74, 6) is -0.930. The minimum atomic E-state index is -0.930. The first-order chi connectivity index (χ1) is 8.09. The molecule has 0 spiro atoms. The molecule has 0 aromatic heterocycles. The van der Waals surface area contributed by atoms with E-state index >= 15 is 0 Å². The summed E-state index contributed by atoms with van der Waals surface area (Å²) in [6, 6.07) is 9.62. The average molecular weight is 309 g/mol. The number of halogens is 2. The molecule has 0 saturated carbocycles. The number of nitrogens with one attached hydrogen (secondary N) is 1. The van der Waals surface area contributed by atoms with E-state index in [0.717, 1.165) is 13.0 Å². The van der Waals surface area contributed by atoms with Crippen molar-refractivity contribution in [2.45, 2.75) is 38.4 Å². The van der Waals surface area contributed by atoms with E-state index in [2.05, 4.69) is 17.4 Å². The molecule has 0 amide bonds. The third-order valence-electron chi connectivity index (χ3n) is 2.73. The van der Waals surface area contributed by atoms with Crippen LogP contribution in [0.3, 0.4) is 0 Å². The fourth-order valence-corrected chi connectivity index (χ4v) is 1.54. The van der Waals surface area contributed by atoms with Gasteiger partial charge in [-0.05, 0) is 25.3 Å². The summed E-state index contributed by atoms with van der Waals surface area (Å²) < 4.78 is 0. The standard InChI is InChI=1S/C13H20N2O2.2ClH/c1-10(7-8-12(14)13(16)17)15-9-11-5-3-2-4-6-11;;/h2-6,10,12,15H,7-9,14H2,1H3,(H,16,17);2*1H/t10?,12-;;/m0../s1. The summed E-state index contributed by atoms with van der Waals surface area (Å²) in [4.78, 5) is 10.5. The van der Waals surface area contributed by atoms with Crippen LogP contribution >= 0.6 is 24.8 Å². The van der Waals surface area contributed by atoms with Crippen molar-refractivity contribution in [3.05, 3.63) is 35.9 Å². The second-order valence-corrected chi connectivity index (χ2v) is 4.29. The molecule has 1 rings (SSSR count). The minimum Gasteiger partial charge on any atom is -0.480 e. The van der Waals surface area contributed by atoms with E-state index in [0.29, 0.717) is 6.42 Å². The van der Waals surface area contributed by atoms with Crippen molar-refractivity contribution in [3.8, 4) is 0 Å². The molecule has 0 aliphatic heterocycles. The van der Waals surface area contributed by atoms with Gasteiger partial charge in [-0.25, -0.2) is 0 Å². The van der Waals surface area contributed by atoms with Gasteiger partial charge in [0.05, 0.1) is 0 Å². The van der Waals surface area contributed by atoms with E-state index in [4.69, 9.17) is 10.8 Å². The highest BCUT2D eigenvalue weighted by Crippen LogP contribution is 2.03. The molecule has 1 aromatic carbocycles. The average Bonchev–Trinajstić information content (AvgIpc) is 2.34. The second kappa shape index (κ2) is 11.1. The lowest BCUT2D eigenvalue weighted by Gasteiger charge is -2.15. The number of rotatable bonds is 7. The zero-order chi connectivity index (χ0) is 12.7. The summed E-state index contributed by atoms with van der Waals surface area (Å²) in [7, 11) is 0. The van der Waals surface area contributed by atoms with Crippen LogP contribution in [0, 0.1) is 0 Å². The van der Waals surface area contributed by atoms with Crippen LogP contribution in [-0.4, -0.2) is 23.2 Å². The van der Waals surface area contributed by atoms with Crippen LogP contribution in [0.1, 0.15) is 25.3 Å². The summed E-state index contributed by atoms with van der Waals surface area (Å²) in [6.45, 7) is 2.84. The van der Waals surface area contributed by atoms with Gasteiger partial charge in [0.1, 0.15) is 6.04 Å². The molecule has 0 fully saturated rings. The molecule has 4 N–H and O–H groups in total. The minimum absolute atomic E-state index is 0. The second-order valence-electron chi connectivity index (χ2n) is 4.29. The quantitative estimate of drug-likeness (QED) is 0.722. The van der Waals surface area contributed by atoms with Gasteiger partial charge in [0.25, 0.3) is 0 Å². The van der Waals surface area contributed by atoms with Gasteiger partial charge in [0, 0.05) is 12.6 Å². The fraction of sp³-hybridized carbons (Fsp3) is 0.462. The highest BCUT2D eigenvalue weighted by atomic mass is 35.5. The number of carboxylic acids is 1. The third-order valence-corrected chi connectivity index (χ3v) is 2.73. The maximum absolute atomic E-state index is 10.5. The van der Waals surface area contributed by atoms with E-state index < -0.39 is 12.0 Å². The molecule has 0 heterocycles. The van der Waals surface area contributed by atoms with Crippen molar-refractivity contribution < 1.29 is 9.90 Å². The van der Waals surface area contributed by atoms with Crippen molar-refractivity contribution in [1.29, 1.82) is 0 Å². The molecule has 1 aromatic rings. The summed E-state index contributed by atoms with van der Waals surface area (Å²) in [5, 5.41) is 12.0. The smallest absolute Gasteiger partial charge is 0.320 e. The van der Waals surface area contributed by atoms with Crippen molar-refractivity contribution in [2.24, 2.45) is 5.73 Å². The van der Waals surface area contributed by atoms with Crippen LogP contribution in [0.5, 0.6) is 0 Å². The van der Waals surface area contributed by atoms with E-state index in [1.54, 1.807) is 0 Å². The Balaban J connectivity index is 0. The largest absolute Gasteiger partial charge is 0.480 e. The van der Waals surface area contributed by atoms with Crippen molar-refractivity contribution in [2.75, 3.05) is 0 Å². The molecule has 4 nitrogen and oxygen atoms in total. The Hall–Kier alpha value is -0.810. The van der Waals surface area contributed by atoms with Gasteiger partial charge in [0.15, 0.2) is 0 Å². The first-order valence-electron chi connectivity index (χ1n) is 5.85. The first-order valence-corrected chi connectivity index (χ1v) is 5.85. The van der Waals surface area contributed by atoms with E-state index in [-0.39, 0.29) is 30.9 Å². The van der Waals surface area contributed by atoms with Gasteiger partial charge in [-0.3, -0.25) is 4.79 Å². The molecular weight excluding hydrogens is 287 g/mol. The molecule has 0 saturated heterocycles. The number of hydrogen-bond donors (Lipinski definition) is 3. The third kappa shape index (κ3) is 8.83. The van der Waals surface area contributed by atoms with Gasteiger partial charge < -0.3 is 16.2 Å². The molecule has 0 bridgehead atoms. The number of carboxylic acid groups (broad SMARTS) is 1. The van der Waals surface area contributed by atoms with E-state index in [1.807, 2.05) is 25.1 Å². The zero-order valence-electron chi connectivity index (χ0n) is 10.9. The van der Waals surface area contributed by atoms with Gasteiger partial charge in [-0.1, -0.05) is 30.3 Å². The topological polar surface area (TPSA) is 75.4 Å². The highest BCUT2D eigenvalue weighted by molar-refractivity contribution is 5.85. The van der Waals surface area contributed by atoms with Gasteiger partial charge in [-0.2, -0.15) is 0 Å². The molecule has 0 aliphatic carbocycles. The van der Waals surface area contributed by atoms with Crippen LogP contribution < -0.4 is 11.1 Å². The lowest BCUT2D eigenvalue weighted by Crippen LogP contribution is -2.33. The van der Waals surface area contributed by atoms with Crippen LogP contribution in [0.25, 0.3) is 0 Å². The Bertz CT molecular complexity index is 350. The number of carbonyl (C=O) groups is 1. The number of aliphatic carboxylic acids is 1. The Morgan fingerprint density at radius 1 is 1.26 bits per heavy atom. The summed E-state index contributed by atoms with van der Waals surface area (Å²) in [5.41, 5.74) is 6.67. The molecular formula is C13H22Cl2N2O2. The van der Waals surface area contributed by atoms with Crippen molar-refractivity contribution in [1.82, 2.24) is 5.32 Å². The van der Waals surface area contributed by atoms with Crippen LogP contribution in [0.2, 0.25) is 0 Å².